The lowest BCUT2D eigenvalue weighted by atomic mass is 10.0. The molecule has 0 bridgehead atoms. The monoisotopic (exact) mass is 417 g/mol. The highest BCUT2D eigenvalue weighted by molar-refractivity contribution is 7.91. The van der Waals surface area contributed by atoms with Gasteiger partial charge >= 0.3 is 0 Å². The van der Waals surface area contributed by atoms with E-state index in [1.165, 1.54) is 0 Å². The summed E-state index contributed by atoms with van der Waals surface area (Å²) < 4.78 is 15.4. The average molecular weight is 418 g/mol. The highest BCUT2D eigenvalue weighted by Crippen LogP contribution is 2.29. The predicted molar refractivity (Wildman–Crippen MR) is 119 cm³/mol. The van der Waals surface area contributed by atoms with Gasteiger partial charge in [0.05, 0.1) is 5.69 Å². The fraction of sp³-hybridized carbons (Fsp3) is 0.0417. The molecule has 0 spiro atoms. The van der Waals surface area contributed by atoms with Crippen molar-refractivity contribution in [1.82, 2.24) is 0 Å². The van der Waals surface area contributed by atoms with Crippen LogP contribution in [0.1, 0.15) is 27.0 Å². The van der Waals surface area contributed by atoms with Gasteiger partial charge in [-0.05, 0) is 47.5 Å². The number of hydrogen-bond acceptors (Lipinski definition) is 2. The Morgan fingerprint density at radius 2 is 1.76 bits per heavy atom. The van der Waals surface area contributed by atoms with Gasteiger partial charge in [0, 0.05) is 22.6 Å². The molecule has 1 N–H and O–H groups in total. The second-order valence-corrected chi connectivity index (χ2v) is 8.10. The Kier molecular flexibility index (Phi) is 5.62. The van der Waals surface area contributed by atoms with Crippen molar-refractivity contribution < 1.29 is 9.00 Å². The molecule has 1 aliphatic rings. The molecule has 0 fully saturated rings. The van der Waals surface area contributed by atoms with E-state index in [0.29, 0.717) is 22.7 Å². The second-order valence-electron chi connectivity index (χ2n) is 6.48. The summed E-state index contributed by atoms with van der Waals surface area (Å²) in [5.41, 5.74) is 3.66. The number of rotatable bonds is 2. The van der Waals surface area contributed by atoms with E-state index in [2.05, 4.69) is 16.6 Å². The van der Waals surface area contributed by atoms with Gasteiger partial charge in [0.2, 0.25) is 5.78 Å². The summed E-state index contributed by atoms with van der Waals surface area (Å²) in [6.45, 7) is 0. The van der Waals surface area contributed by atoms with E-state index in [4.69, 9.17) is 11.6 Å². The molecule has 1 aliphatic heterocycles. The first kappa shape index (κ1) is 19.2. The zero-order valence-corrected chi connectivity index (χ0v) is 16.9. The SMILES string of the molecule is O=C1/C(=C\c2ccc(Cl)cc2)S(=O)Nc2ccc(C#CCc3ccccc3)cc21. The Hall–Kier alpha value is -3.13. The molecule has 3 aromatic rings. The minimum Gasteiger partial charge on any atom is -0.300 e. The van der Waals surface area contributed by atoms with E-state index in [9.17, 15) is 9.00 Å². The number of halogens is 1. The van der Waals surface area contributed by atoms with Crippen molar-refractivity contribution in [3.05, 3.63) is 105 Å². The molecule has 1 heterocycles. The second kappa shape index (κ2) is 8.48. The number of anilines is 1. The van der Waals surface area contributed by atoms with Gasteiger partial charge < -0.3 is 4.72 Å². The largest absolute Gasteiger partial charge is 0.300 e. The van der Waals surface area contributed by atoms with Gasteiger partial charge in [-0.3, -0.25) is 4.79 Å². The number of fused-ring (bicyclic) bond motifs is 1. The van der Waals surface area contributed by atoms with Gasteiger partial charge in [-0.1, -0.05) is 65.9 Å². The molecule has 0 aromatic heterocycles. The molecule has 0 saturated heterocycles. The quantitative estimate of drug-likeness (QED) is 0.457. The molecule has 0 amide bonds. The maximum Gasteiger partial charge on any atom is 0.205 e. The number of ketones is 1. The number of hydrogen-bond donors (Lipinski definition) is 1. The average Bonchev–Trinajstić information content (AvgIpc) is 2.74. The van der Waals surface area contributed by atoms with E-state index in [-0.39, 0.29) is 10.7 Å². The third-order valence-corrected chi connectivity index (χ3v) is 5.79. The maximum atomic E-state index is 13.0. The van der Waals surface area contributed by atoms with E-state index >= 15 is 0 Å². The summed E-state index contributed by atoms with van der Waals surface area (Å²) in [7, 11) is -1.62. The van der Waals surface area contributed by atoms with Crippen LogP contribution in [-0.4, -0.2) is 9.99 Å². The van der Waals surface area contributed by atoms with E-state index < -0.39 is 11.0 Å². The number of allylic oxidation sites excluding steroid dienone is 1. The number of carbonyl (C=O) groups is 1. The highest BCUT2D eigenvalue weighted by atomic mass is 35.5. The van der Waals surface area contributed by atoms with Crippen LogP contribution in [0.5, 0.6) is 0 Å². The highest BCUT2D eigenvalue weighted by Gasteiger charge is 2.27. The van der Waals surface area contributed by atoms with Crippen molar-refractivity contribution in [2.75, 3.05) is 4.72 Å². The van der Waals surface area contributed by atoms with Crippen molar-refractivity contribution in [2.45, 2.75) is 6.42 Å². The van der Waals surface area contributed by atoms with Crippen LogP contribution in [0.2, 0.25) is 5.02 Å². The Bertz CT molecular complexity index is 1190. The zero-order chi connectivity index (χ0) is 20.2. The van der Waals surface area contributed by atoms with E-state index in [1.54, 1.807) is 42.5 Å². The first-order chi connectivity index (χ1) is 14.1. The fourth-order valence-electron chi connectivity index (χ4n) is 2.94. The van der Waals surface area contributed by atoms with Crippen molar-refractivity contribution in [2.24, 2.45) is 0 Å². The zero-order valence-electron chi connectivity index (χ0n) is 15.3. The number of carbonyl (C=O) groups excluding carboxylic acids is 1. The molecule has 4 rings (SSSR count). The van der Waals surface area contributed by atoms with Crippen LogP contribution in [-0.2, 0) is 17.4 Å². The van der Waals surface area contributed by atoms with Crippen LogP contribution in [0.15, 0.2) is 77.7 Å². The third kappa shape index (κ3) is 4.48. The first-order valence-electron chi connectivity index (χ1n) is 8.97. The molecule has 1 unspecified atom stereocenters. The molecular weight excluding hydrogens is 402 g/mol. The van der Waals surface area contributed by atoms with Gasteiger partial charge in [-0.2, -0.15) is 0 Å². The normalized spacial score (nSPS) is 16.5. The predicted octanol–water partition coefficient (Wildman–Crippen LogP) is 5.25. The summed E-state index contributed by atoms with van der Waals surface area (Å²) >= 11 is 5.90. The van der Waals surface area contributed by atoms with Crippen molar-refractivity contribution in [1.29, 1.82) is 0 Å². The first-order valence-corrected chi connectivity index (χ1v) is 10.5. The summed E-state index contributed by atoms with van der Waals surface area (Å²) in [5.74, 6) is 5.98. The van der Waals surface area contributed by atoms with Crippen molar-refractivity contribution in [3.8, 4) is 11.8 Å². The Balaban J connectivity index is 1.61. The molecule has 142 valence electrons. The summed E-state index contributed by atoms with van der Waals surface area (Å²) in [6.07, 6.45) is 2.26. The van der Waals surface area contributed by atoms with Crippen molar-refractivity contribution >= 4 is 40.1 Å². The summed E-state index contributed by atoms with van der Waals surface area (Å²) in [4.78, 5) is 13.2. The summed E-state index contributed by atoms with van der Waals surface area (Å²) in [6, 6.07) is 22.3. The molecule has 5 heteroatoms. The molecule has 3 nitrogen and oxygen atoms in total. The Labute approximate surface area is 177 Å². The summed E-state index contributed by atoms with van der Waals surface area (Å²) in [5, 5.41) is 0.602. The minimum absolute atomic E-state index is 0.203. The Morgan fingerprint density at radius 1 is 1.00 bits per heavy atom. The molecule has 29 heavy (non-hydrogen) atoms. The molecule has 0 aliphatic carbocycles. The fourth-order valence-corrected chi connectivity index (χ4v) is 4.08. The van der Waals surface area contributed by atoms with Gasteiger partial charge in [0.15, 0.2) is 11.0 Å². The van der Waals surface area contributed by atoms with Gasteiger partial charge in [0.1, 0.15) is 4.91 Å². The standard InChI is InChI=1S/C24H16ClNO2S/c25-20-12-9-19(10-13-20)16-23-24(27)21-15-18(11-14-22(21)26-29(23)28)8-4-7-17-5-2-1-3-6-17/h1-3,5-6,9-16,26H,7H2/b23-16+. The number of Topliss-reactive ketones (excluding diaryl/α,β-unsaturated/α-hetero) is 1. The molecule has 1 atom stereocenters. The van der Waals surface area contributed by atoms with Crippen LogP contribution >= 0.6 is 11.6 Å². The van der Waals surface area contributed by atoms with Gasteiger partial charge in [-0.25, -0.2) is 4.21 Å². The topological polar surface area (TPSA) is 46.2 Å². The third-order valence-electron chi connectivity index (χ3n) is 4.43. The minimum atomic E-state index is -1.62. The molecule has 0 radical (unpaired) electrons. The van der Waals surface area contributed by atoms with Gasteiger partial charge in [-0.15, -0.1) is 0 Å². The molecular formula is C24H16ClNO2S. The lowest BCUT2D eigenvalue weighted by molar-refractivity contribution is 0.104. The van der Waals surface area contributed by atoms with E-state index in [1.807, 2.05) is 36.4 Å². The van der Waals surface area contributed by atoms with E-state index in [0.717, 1.165) is 16.7 Å². The lowest BCUT2D eigenvalue weighted by Crippen LogP contribution is -2.22. The maximum absolute atomic E-state index is 13.0. The van der Waals surface area contributed by atoms with Gasteiger partial charge in [0.25, 0.3) is 0 Å². The van der Waals surface area contributed by atoms with Crippen LogP contribution in [0, 0.1) is 11.8 Å². The van der Waals surface area contributed by atoms with Crippen LogP contribution in [0.3, 0.4) is 0 Å². The lowest BCUT2D eigenvalue weighted by Gasteiger charge is -2.19. The Morgan fingerprint density at radius 3 is 2.52 bits per heavy atom. The van der Waals surface area contributed by atoms with Crippen LogP contribution in [0.25, 0.3) is 6.08 Å². The molecule has 0 saturated carbocycles. The number of nitrogens with one attached hydrogen (secondary N) is 1. The smallest absolute Gasteiger partial charge is 0.205 e. The van der Waals surface area contributed by atoms with Crippen LogP contribution in [0.4, 0.5) is 5.69 Å². The molecule has 3 aromatic carbocycles. The van der Waals surface area contributed by atoms with Crippen molar-refractivity contribution in [3.63, 3.8) is 0 Å². The van der Waals surface area contributed by atoms with Crippen LogP contribution < -0.4 is 4.72 Å². The number of benzene rings is 3.